The molecule has 0 aromatic heterocycles. The van der Waals surface area contributed by atoms with Crippen LogP contribution in [0.4, 0.5) is 4.79 Å². The van der Waals surface area contributed by atoms with Crippen LogP contribution in [0.25, 0.3) is 6.08 Å². The second kappa shape index (κ2) is 10.5. The number of halogens is 1. The molecule has 31 heavy (non-hydrogen) atoms. The van der Waals surface area contributed by atoms with Crippen LogP contribution in [-0.2, 0) is 9.59 Å². The topological polar surface area (TPSA) is 84.9 Å². The van der Waals surface area contributed by atoms with Crippen molar-refractivity contribution in [3.63, 3.8) is 0 Å². The smallest absolute Gasteiger partial charge is 0.331 e. The lowest BCUT2D eigenvalue weighted by Gasteiger charge is -2.35. The number of urea groups is 1. The largest absolute Gasteiger partial charge is 0.490 e. The molecular weight excluding hydrogens is 511 g/mol. The summed E-state index contributed by atoms with van der Waals surface area (Å²) in [5.74, 6) is 0.00585. The Morgan fingerprint density at radius 2 is 1.90 bits per heavy atom. The summed E-state index contributed by atoms with van der Waals surface area (Å²) in [7, 11) is 0. The van der Waals surface area contributed by atoms with Gasteiger partial charge in [0.25, 0.3) is 11.8 Å². The van der Waals surface area contributed by atoms with Crippen molar-refractivity contribution < 1.29 is 23.9 Å². The van der Waals surface area contributed by atoms with Gasteiger partial charge in [-0.2, -0.15) is 0 Å². The van der Waals surface area contributed by atoms with Crippen molar-refractivity contribution in [2.45, 2.75) is 71.4 Å². The average molecular weight is 540 g/mol. The lowest BCUT2D eigenvalue weighted by Crippen LogP contribution is -2.58. The van der Waals surface area contributed by atoms with Crippen molar-refractivity contribution in [3.05, 3.63) is 26.8 Å². The molecule has 2 aliphatic rings. The van der Waals surface area contributed by atoms with Crippen molar-refractivity contribution in [1.82, 2.24) is 10.2 Å². The minimum atomic E-state index is -0.671. The summed E-state index contributed by atoms with van der Waals surface area (Å²) in [6.45, 7) is 6.38. The van der Waals surface area contributed by atoms with E-state index in [9.17, 15) is 14.4 Å². The number of hydrogen-bond acceptors (Lipinski definition) is 5. The number of hydrogen-bond donors (Lipinski definition) is 1. The first-order chi connectivity index (χ1) is 14.8. The van der Waals surface area contributed by atoms with Gasteiger partial charge in [-0.3, -0.25) is 19.8 Å². The van der Waals surface area contributed by atoms with Gasteiger partial charge in [-0.15, -0.1) is 0 Å². The van der Waals surface area contributed by atoms with Gasteiger partial charge in [-0.25, -0.2) is 4.79 Å². The zero-order valence-corrected chi connectivity index (χ0v) is 20.4. The second-order valence-corrected chi connectivity index (χ2v) is 9.05. The van der Waals surface area contributed by atoms with Crippen LogP contribution < -0.4 is 14.8 Å². The highest BCUT2D eigenvalue weighted by Gasteiger charge is 2.40. The Labute approximate surface area is 196 Å². The van der Waals surface area contributed by atoms with Crippen LogP contribution >= 0.6 is 22.6 Å². The van der Waals surface area contributed by atoms with Crippen molar-refractivity contribution >= 4 is 46.5 Å². The molecule has 1 atom stereocenters. The number of benzene rings is 1. The van der Waals surface area contributed by atoms with E-state index >= 15 is 0 Å². The van der Waals surface area contributed by atoms with Gasteiger partial charge in [0.1, 0.15) is 5.57 Å². The molecule has 0 radical (unpaired) electrons. The summed E-state index contributed by atoms with van der Waals surface area (Å²) >= 11 is 2.16. The van der Waals surface area contributed by atoms with Crippen LogP contribution in [0.2, 0.25) is 0 Å². The molecule has 1 N–H and O–H groups in total. The van der Waals surface area contributed by atoms with Gasteiger partial charge in [-0.1, -0.05) is 26.2 Å². The van der Waals surface area contributed by atoms with E-state index < -0.39 is 17.8 Å². The Morgan fingerprint density at radius 3 is 2.55 bits per heavy atom. The number of amides is 4. The van der Waals surface area contributed by atoms with E-state index in [1.807, 2.05) is 26.8 Å². The van der Waals surface area contributed by atoms with Gasteiger partial charge in [0.15, 0.2) is 11.5 Å². The molecular formula is C23H29IN2O5. The molecule has 1 saturated carbocycles. The van der Waals surface area contributed by atoms with Crippen LogP contribution in [0.3, 0.4) is 0 Å². The Balaban J connectivity index is 1.95. The van der Waals surface area contributed by atoms with E-state index in [1.54, 1.807) is 6.07 Å². The molecule has 4 amide bonds. The van der Waals surface area contributed by atoms with Gasteiger partial charge < -0.3 is 9.47 Å². The van der Waals surface area contributed by atoms with Crippen LogP contribution in [0.1, 0.15) is 64.9 Å². The Kier molecular flexibility index (Phi) is 7.96. The van der Waals surface area contributed by atoms with Crippen molar-refractivity contribution in [2.24, 2.45) is 0 Å². The fraction of sp³-hybridized carbons (Fsp3) is 0.522. The van der Waals surface area contributed by atoms with Crippen LogP contribution in [0.5, 0.6) is 11.5 Å². The maximum atomic E-state index is 13.1. The molecule has 168 valence electrons. The van der Waals surface area contributed by atoms with Gasteiger partial charge in [0.05, 0.1) is 16.3 Å². The molecule has 1 saturated heterocycles. The summed E-state index contributed by atoms with van der Waals surface area (Å²) in [6, 6.07) is 2.82. The molecule has 1 aromatic rings. The van der Waals surface area contributed by atoms with E-state index in [4.69, 9.17) is 9.47 Å². The van der Waals surface area contributed by atoms with Crippen molar-refractivity contribution in [1.29, 1.82) is 0 Å². The number of rotatable bonds is 7. The Bertz CT molecular complexity index is 892. The summed E-state index contributed by atoms with van der Waals surface area (Å²) in [5.41, 5.74) is 0.597. The quantitative estimate of drug-likeness (QED) is 0.309. The first-order valence-electron chi connectivity index (χ1n) is 10.9. The first-order valence-corrected chi connectivity index (χ1v) is 12.0. The predicted octanol–water partition coefficient (Wildman–Crippen LogP) is 4.66. The van der Waals surface area contributed by atoms with Gasteiger partial charge >= 0.3 is 6.03 Å². The average Bonchev–Trinajstić information content (AvgIpc) is 2.74. The zero-order valence-electron chi connectivity index (χ0n) is 18.2. The number of ether oxygens (including phenoxy) is 2. The van der Waals surface area contributed by atoms with E-state index in [0.29, 0.717) is 23.7 Å². The van der Waals surface area contributed by atoms with Gasteiger partial charge in [-0.05, 0) is 79.5 Å². The molecule has 1 unspecified atom stereocenters. The third kappa shape index (κ3) is 5.39. The lowest BCUT2D eigenvalue weighted by atomic mass is 9.93. The minimum Gasteiger partial charge on any atom is -0.490 e. The third-order valence-electron chi connectivity index (χ3n) is 5.61. The number of carbonyl (C=O) groups excluding carboxylic acids is 3. The highest BCUT2D eigenvalue weighted by molar-refractivity contribution is 14.1. The maximum absolute atomic E-state index is 13.1. The number of nitrogens with one attached hydrogen (secondary N) is 1. The van der Waals surface area contributed by atoms with E-state index in [2.05, 4.69) is 27.9 Å². The highest BCUT2D eigenvalue weighted by Crippen LogP contribution is 2.36. The zero-order chi connectivity index (χ0) is 22.5. The lowest BCUT2D eigenvalue weighted by molar-refractivity contribution is -0.132. The van der Waals surface area contributed by atoms with Crippen LogP contribution in [0.15, 0.2) is 17.7 Å². The number of barbiturate groups is 1. The summed E-state index contributed by atoms with van der Waals surface area (Å²) in [5, 5.41) is 2.33. The first kappa shape index (κ1) is 23.6. The van der Waals surface area contributed by atoms with Crippen molar-refractivity contribution in [3.8, 4) is 11.5 Å². The maximum Gasteiger partial charge on any atom is 0.331 e. The molecule has 7 nitrogen and oxygen atoms in total. The molecule has 2 fully saturated rings. The number of nitrogens with zero attached hydrogens (tertiary/aromatic N) is 1. The molecule has 3 rings (SSSR count). The Morgan fingerprint density at radius 1 is 1.19 bits per heavy atom. The number of imide groups is 2. The molecule has 1 aromatic carbocycles. The van der Waals surface area contributed by atoms with Crippen LogP contribution in [-0.4, -0.2) is 41.5 Å². The van der Waals surface area contributed by atoms with E-state index in [-0.39, 0.29) is 17.7 Å². The summed E-state index contributed by atoms with van der Waals surface area (Å²) in [4.78, 5) is 39.2. The Hall–Kier alpha value is -2.10. The molecule has 0 bridgehead atoms. The summed E-state index contributed by atoms with van der Waals surface area (Å²) in [6.07, 6.45) is 7.00. The van der Waals surface area contributed by atoms with Crippen molar-refractivity contribution in [2.75, 3.05) is 6.61 Å². The molecule has 0 spiro atoms. The van der Waals surface area contributed by atoms with E-state index in [0.717, 1.165) is 42.1 Å². The number of carbonyl (C=O) groups is 3. The fourth-order valence-corrected chi connectivity index (χ4v) is 4.59. The molecule has 1 aliphatic carbocycles. The van der Waals surface area contributed by atoms with Gasteiger partial charge in [0.2, 0.25) is 0 Å². The van der Waals surface area contributed by atoms with E-state index in [1.165, 1.54) is 11.0 Å². The minimum absolute atomic E-state index is 0.0256. The molecule has 1 aliphatic heterocycles. The van der Waals surface area contributed by atoms with Crippen LogP contribution in [0, 0.1) is 3.57 Å². The molecule has 1 heterocycles. The second-order valence-electron chi connectivity index (χ2n) is 7.88. The summed E-state index contributed by atoms with van der Waals surface area (Å²) < 4.78 is 12.6. The SMILES string of the molecule is CCOc1cc(/C=C2\C(=O)NC(=O)N(C3CCCCC3)C2=O)cc(I)c1OC(C)CC. The third-order valence-corrected chi connectivity index (χ3v) is 6.41. The van der Waals surface area contributed by atoms with Gasteiger partial charge in [0, 0.05) is 6.04 Å². The molecule has 8 heteroatoms. The normalized spacial score (nSPS) is 20.1. The fourth-order valence-electron chi connectivity index (χ4n) is 3.84. The highest BCUT2D eigenvalue weighted by atomic mass is 127. The monoisotopic (exact) mass is 540 g/mol. The standard InChI is InChI=1S/C23H29IN2O5/c1-4-14(3)31-20-18(24)12-15(13-19(20)30-5-2)11-17-21(27)25-23(29)26(22(17)28)16-9-7-6-8-10-16/h11-14,16H,4-10H2,1-3H3,(H,25,27,29)/b17-11+. The predicted molar refractivity (Wildman–Crippen MR) is 126 cm³/mol.